The van der Waals surface area contributed by atoms with E-state index >= 15 is 0 Å². The fourth-order valence-corrected chi connectivity index (χ4v) is 7.86. The Morgan fingerprint density at radius 3 is 2.43 bits per heavy atom. The van der Waals surface area contributed by atoms with Gasteiger partial charge >= 0.3 is 0 Å². The summed E-state index contributed by atoms with van der Waals surface area (Å²) in [7, 11) is 0. The summed E-state index contributed by atoms with van der Waals surface area (Å²) in [5.41, 5.74) is 0.357. The summed E-state index contributed by atoms with van der Waals surface area (Å²) in [6.07, 6.45) is 3.41. The highest BCUT2D eigenvalue weighted by atomic mass is 79.9. The molecule has 3 saturated heterocycles. The molecule has 0 aliphatic carbocycles. The van der Waals surface area contributed by atoms with Crippen LogP contribution in [0.1, 0.15) is 18.4 Å². The number of likely N-dealkylation sites (tertiary alicyclic amines) is 1. The average molecular weight is 657 g/mol. The fourth-order valence-electron chi connectivity index (χ4n) is 6.80. The number of alkyl halides is 1. The van der Waals surface area contributed by atoms with Gasteiger partial charge in [-0.2, -0.15) is 0 Å². The van der Waals surface area contributed by atoms with Gasteiger partial charge in [-0.15, -0.1) is 13.2 Å². The van der Waals surface area contributed by atoms with Gasteiger partial charge in [0, 0.05) is 48.3 Å². The number of nitrogens with zero attached hydrogens (tertiary/aromatic N) is 3. The lowest BCUT2D eigenvalue weighted by atomic mass is 9.70. The molecule has 3 unspecified atom stereocenters. The monoisotopic (exact) mass is 655 g/mol. The fraction of sp³-hybridized carbons (Fsp3) is 0.406. The minimum absolute atomic E-state index is 0.146. The van der Waals surface area contributed by atoms with Gasteiger partial charge in [-0.05, 0) is 42.7 Å². The number of carbonyl (C=O) groups is 3. The van der Waals surface area contributed by atoms with Crippen LogP contribution < -0.4 is 4.90 Å². The largest absolute Gasteiger partial charge is 0.396 e. The lowest BCUT2D eigenvalue weighted by Crippen LogP contribution is -2.57. The Morgan fingerprint density at radius 2 is 1.79 bits per heavy atom. The molecule has 2 aromatic carbocycles. The third-order valence-corrected chi connectivity index (χ3v) is 9.56. The van der Waals surface area contributed by atoms with Crippen LogP contribution in [0.5, 0.6) is 0 Å². The Balaban J connectivity index is 1.54. The SMILES string of the molecule is C=CCN(Cc1ccccc1)C(=O)[C@H]1[C@H]2C(=O)N(CCCO)C(C(=O)N(CC=C)c3ccc(Cl)cc3)C23CC(Br)[C@@H]1O3. The van der Waals surface area contributed by atoms with Crippen molar-refractivity contribution in [3.63, 3.8) is 0 Å². The summed E-state index contributed by atoms with van der Waals surface area (Å²) in [6, 6.07) is 15.6. The molecule has 0 aromatic heterocycles. The number of aliphatic hydroxyl groups is 1. The molecule has 8 nitrogen and oxygen atoms in total. The van der Waals surface area contributed by atoms with E-state index in [9.17, 15) is 19.5 Å². The number of halogens is 2. The van der Waals surface area contributed by atoms with Crippen LogP contribution in [0.2, 0.25) is 5.02 Å². The van der Waals surface area contributed by atoms with Gasteiger partial charge in [-0.25, -0.2) is 0 Å². The number of anilines is 1. The van der Waals surface area contributed by atoms with Crippen molar-refractivity contribution in [2.24, 2.45) is 11.8 Å². The number of ether oxygens (including phenoxy) is 1. The molecule has 0 saturated carbocycles. The van der Waals surface area contributed by atoms with Crippen molar-refractivity contribution in [3.8, 4) is 0 Å². The summed E-state index contributed by atoms with van der Waals surface area (Å²) in [6.45, 7) is 8.56. The first kappa shape index (κ1) is 30.5. The summed E-state index contributed by atoms with van der Waals surface area (Å²) in [5, 5.41) is 10.2. The Hall–Kier alpha value is -2.98. The number of hydrogen-bond acceptors (Lipinski definition) is 5. The first-order chi connectivity index (χ1) is 20.3. The second-order valence-electron chi connectivity index (χ2n) is 11.0. The molecule has 6 atom stereocenters. The summed E-state index contributed by atoms with van der Waals surface area (Å²) in [5.74, 6) is -2.45. The highest BCUT2D eigenvalue weighted by Crippen LogP contribution is 2.60. The zero-order valence-corrected chi connectivity index (χ0v) is 25.6. The molecule has 1 N–H and O–H groups in total. The maximum absolute atomic E-state index is 14.5. The van der Waals surface area contributed by atoms with Crippen LogP contribution in [-0.4, -0.2) is 81.4 Å². The average Bonchev–Trinajstić information content (AvgIpc) is 3.58. The van der Waals surface area contributed by atoms with Crippen molar-refractivity contribution in [1.82, 2.24) is 9.80 Å². The topological polar surface area (TPSA) is 90.4 Å². The van der Waals surface area contributed by atoms with Gasteiger partial charge < -0.3 is 24.5 Å². The number of rotatable bonds is 12. The van der Waals surface area contributed by atoms with Crippen molar-refractivity contribution in [1.29, 1.82) is 0 Å². The lowest BCUT2D eigenvalue weighted by molar-refractivity contribution is -0.145. The molecule has 222 valence electrons. The zero-order valence-electron chi connectivity index (χ0n) is 23.3. The van der Waals surface area contributed by atoms with Crippen molar-refractivity contribution in [2.45, 2.75) is 42.0 Å². The normalized spacial score (nSPS) is 27.5. The van der Waals surface area contributed by atoms with Crippen molar-refractivity contribution in [2.75, 3.05) is 31.1 Å². The molecule has 3 heterocycles. The molecule has 1 spiro atoms. The van der Waals surface area contributed by atoms with Gasteiger partial charge in [-0.3, -0.25) is 14.4 Å². The summed E-state index contributed by atoms with van der Waals surface area (Å²) >= 11 is 9.85. The molecule has 2 aromatic rings. The van der Waals surface area contributed by atoms with Crippen LogP contribution in [0.3, 0.4) is 0 Å². The van der Waals surface area contributed by atoms with Crippen LogP contribution in [-0.2, 0) is 25.7 Å². The van der Waals surface area contributed by atoms with Crippen molar-refractivity contribution >= 4 is 50.9 Å². The molecule has 42 heavy (non-hydrogen) atoms. The smallest absolute Gasteiger partial charge is 0.253 e. The highest BCUT2D eigenvalue weighted by Gasteiger charge is 2.76. The lowest BCUT2D eigenvalue weighted by Gasteiger charge is -2.37. The molecule has 3 amide bonds. The van der Waals surface area contributed by atoms with Crippen LogP contribution in [0.4, 0.5) is 5.69 Å². The predicted molar refractivity (Wildman–Crippen MR) is 165 cm³/mol. The highest BCUT2D eigenvalue weighted by molar-refractivity contribution is 9.09. The van der Waals surface area contributed by atoms with E-state index in [2.05, 4.69) is 29.1 Å². The molecule has 5 rings (SSSR count). The van der Waals surface area contributed by atoms with Crippen LogP contribution in [0.15, 0.2) is 79.9 Å². The predicted octanol–water partition coefficient (Wildman–Crippen LogP) is 4.20. The molecule has 0 radical (unpaired) electrons. The Kier molecular flexibility index (Phi) is 9.23. The van der Waals surface area contributed by atoms with E-state index in [0.29, 0.717) is 30.2 Å². The number of carbonyl (C=O) groups excluding carboxylic acids is 3. The Morgan fingerprint density at radius 1 is 1.10 bits per heavy atom. The quantitative estimate of drug-likeness (QED) is 0.273. The zero-order chi connectivity index (χ0) is 30.0. The van der Waals surface area contributed by atoms with E-state index in [1.165, 1.54) is 4.90 Å². The number of benzene rings is 2. The van der Waals surface area contributed by atoms with E-state index in [1.807, 2.05) is 30.3 Å². The van der Waals surface area contributed by atoms with Gasteiger partial charge in [0.2, 0.25) is 11.8 Å². The second kappa shape index (κ2) is 12.7. The third-order valence-electron chi connectivity index (χ3n) is 8.46. The van der Waals surface area contributed by atoms with E-state index in [1.54, 1.807) is 46.2 Å². The number of fused-ring (bicyclic) bond motifs is 1. The Labute approximate surface area is 259 Å². The van der Waals surface area contributed by atoms with Gasteiger partial charge in [-0.1, -0.05) is 70.0 Å². The molecule has 3 aliphatic rings. The van der Waals surface area contributed by atoms with Crippen LogP contribution in [0.25, 0.3) is 0 Å². The van der Waals surface area contributed by atoms with Gasteiger partial charge in [0.25, 0.3) is 5.91 Å². The first-order valence-electron chi connectivity index (χ1n) is 14.1. The van der Waals surface area contributed by atoms with Crippen molar-refractivity contribution < 1.29 is 24.2 Å². The molecular weight excluding hydrogens is 622 g/mol. The van der Waals surface area contributed by atoms with E-state index in [0.717, 1.165) is 5.56 Å². The van der Waals surface area contributed by atoms with Gasteiger partial charge in [0.15, 0.2) is 0 Å². The number of hydrogen-bond donors (Lipinski definition) is 1. The number of aliphatic hydroxyl groups excluding tert-OH is 1. The van der Waals surface area contributed by atoms with Crippen LogP contribution >= 0.6 is 27.5 Å². The van der Waals surface area contributed by atoms with E-state index in [-0.39, 0.29) is 48.7 Å². The second-order valence-corrected chi connectivity index (χ2v) is 12.6. The van der Waals surface area contributed by atoms with E-state index in [4.69, 9.17) is 16.3 Å². The number of amides is 3. The van der Waals surface area contributed by atoms with E-state index < -0.39 is 29.6 Å². The maximum Gasteiger partial charge on any atom is 0.253 e. The molecule has 10 heteroatoms. The minimum atomic E-state index is -1.21. The molecular formula is C32H35BrClN3O5. The molecule has 3 aliphatic heterocycles. The maximum atomic E-state index is 14.5. The summed E-state index contributed by atoms with van der Waals surface area (Å²) in [4.78, 5) is 47.6. The molecule has 2 bridgehead atoms. The van der Waals surface area contributed by atoms with Gasteiger partial charge in [0.1, 0.15) is 11.6 Å². The summed E-state index contributed by atoms with van der Waals surface area (Å²) < 4.78 is 6.67. The minimum Gasteiger partial charge on any atom is -0.396 e. The van der Waals surface area contributed by atoms with Crippen molar-refractivity contribution in [3.05, 3.63) is 90.5 Å². The first-order valence-corrected chi connectivity index (χ1v) is 15.4. The standard InChI is InChI=1S/C32H35BrClN3O5/c1-3-15-35(20-21-9-6-5-7-10-21)29(39)25-26-30(40)37(17-8-18-38)28(32(26)19-24(33)27(25)42-32)31(41)36(16-4-2)23-13-11-22(34)12-14-23/h3-7,9-14,24-28,38H,1-2,8,15-20H2/t24?,25-,26-,27-,28?,32?/m0/s1. The van der Waals surface area contributed by atoms with Crippen LogP contribution in [0, 0.1) is 11.8 Å². The third kappa shape index (κ3) is 5.32. The molecule has 3 fully saturated rings. The van der Waals surface area contributed by atoms with Gasteiger partial charge in [0.05, 0.1) is 17.9 Å². The Bertz CT molecular complexity index is 1340.